The fourth-order valence-electron chi connectivity index (χ4n) is 2.38. The number of ether oxygens (including phenoxy) is 1. The number of furan rings is 1. The smallest absolute Gasteiger partial charge is 0.287 e. The maximum Gasteiger partial charge on any atom is 0.287 e. The van der Waals surface area contributed by atoms with Gasteiger partial charge >= 0.3 is 0 Å². The predicted molar refractivity (Wildman–Crippen MR) is 101 cm³/mol. The lowest BCUT2D eigenvalue weighted by atomic mass is 10.3. The number of aromatic nitrogens is 2. The molecule has 0 radical (unpaired) electrons. The van der Waals surface area contributed by atoms with Crippen LogP contribution >= 0.6 is 27.3 Å². The fourth-order valence-corrected chi connectivity index (χ4v) is 3.37. The Bertz CT molecular complexity index is 1010. The molecule has 0 unspecified atom stereocenters. The first-order valence-electron chi connectivity index (χ1n) is 7.84. The van der Waals surface area contributed by atoms with Crippen LogP contribution in [0.5, 0.6) is 5.75 Å². The van der Waals surface area contributed by atoms with E-state index in [2.05, 4.69) is 26.2 Å². The summed E-state index contributed by atoms with van der Waals surface area (Å²) >= 11 is 4.93. The molecule has 0 aliphatic rings. The number of nitrogens with zero attached hydrogens (tertiary/aromatic N) is 2. The van der Waals surface area contributed by atoms with Gasteiger partial charge in [0.15, 0.2) is 10.7 Å². The van der Waals surface area contributed by atoms with Gasteiger partial charge in [-0.1, -0.05) is 15.9 Å². The van der Waals surface area contributed by atoms with Gasteiger partial charge in [0, 0.05) is 22.2 Å². The molecule has 0 aliphatic carbocycles. The Morgan fingerprint density at radius 3 is 2.92 bits per heavy atom. The van der Waals surface area contributed by atoms with Crippen LogP contribution < -0.4 is 10.1 Å². The quantitative estimate of drug-likeness (QED) is 0.495. The molecule has 1 aromatic carbocycles. The zero-order chi connectivity index (χ0) is 17.9. The molecule has 132 valence electrons. The molecule has 0 saturated heterocycles. The maximum absolute atomic E-state index is 12.2. The van der Waals surface area contributed by atoms with Crippen LogP contribution in [-0.4, -0.2) is 15.3 Å². The number of imidazole rings is 1. The minimum atomic E-state index is -0.281. The van der Waals surface area contributed by atoms with Crippen molar-refractivity contribution < 1.29 is 13.9 Å². The Labute approximate surface area is 161 Å². The molecule has 1 amide bonds. The number of benzene rings is 1. The van der Waals surface area contributed by atoms with E-state index in [1.165, 1.54) is 0 Å². The van der Waals surface area contributed by atoms with E-state index in [9.17, 15) is 4.79 Å². The van der Waals surface area contributed by atoms with Crippen LogP contribution in [0.15, 0.2) is 63.1 Å². The number of carbonyl (C=O) groups is 1. The van der Waals surface area contributed by atoms with Crippen LogP contribution in [0.1, 0.15) is 22.0 Å². The number of amides is 1. The number of thiazole rings is 1. The molecule has 1 N–H and O–H groups in total. The average Bonchev–Trinajstić information content (AvgIpc) is 3.35. The average molecular weight is 432 g/mol. The van der Waals surface area contributed by atoms with Gasteiger partial charge in [-0.2, -0.15) is 0 Å². The molecule has 26 heavy (non-hydrogen) atoms. The lowest BCUT2D eigenvalue weighted by Crippen LogP contribution is -2.22. The molecule has 0 fully saturated rings. The maximum atomic E-state index is 12.2. The van der Waals surface area contributed by atoms with Gasteiger partial charge in [-0.05, 0) is 36.4 Å². The number of rotatable bonds is 6. The summed E-state index contributed by atoms with van der Waals surface area (Å²) in [6.07, 6.45) is 3.83. The van der Waals surface area contributed by atoms with Crippen molar-refractivity contribution in [3.8, 4) is 5.75 Å². The summed E-state index contributed by atoms with van der Waals surface area (Å²) < 4.78 is 14.1. The van der Waals surface area contributed by atoms with Crippen molar-refractivity contribution in [3.63, 3.8) is 0 Å². The Balaban J connectivity index is 1.32. The van der Waals surface area contributed by atoms with Crippen molar-refractivity contribution in [2.45, 2.75) is 13.2 Å². The zero-order valence-electron chi connectivity index (χ0n) is 13.5. The van der Waals surface area contributed by atoms with E-state index in [1.807, 2.05) is 46.4 Å². The molecule has 0 aliphatic heterocycles. The normalized spacial score (nSPS) is 11.0. The summed E-state index contributed by atoms with van der Waals surface area (Å²) in [5, 5.41) is 4.77. The Morgan fingerprint density at radius 1 is 1.27 bits per heavy atom. The Kier molecular flexibility index (Phi) is 4.77. The van der Waals surface area contributed by atoms with Crippen LogP contribution in [0.4, 0.5) is 0 Å². The molecule has 0 spiro atoms. The van der Waals surface area contributed by atoms with E-state index in [4.69, 9.17) is 9.15 Å². The number of fused-ring (bicyclic) bond motifs is 1. The van der Waals surface area contributed by atoms with Crippen molar-refractivity contribution in [3.05, 3.63) is 75.9 Å². The summed E-state index contributed by atoms with van der Waals surface area (Å²) in [6.45, 7) is 0.602. The van der Waals surface area contributed by atoms with Gasteiger partial charge in [-0.25, -0.2) is 4.98 Å². The van der Waals surface area contributed by atoms with Gasteiger partial charge in [0.25, 0.3) is 5.91 Å². The van der Waals surface area contributed by atoms with Crippen LogP contribution in [0.2, 0.25) is 0 Å². The molecular weight excluding hydrogens is 418 g/mol. The first-order valence-corrected chi connectivity index (χ1v) is 9.51. The number of carbonyl (C=O) groups excluding carboxylic acids is 1. The third kappa shape index (κ3) is 3.81. The van der Waals surface area contributed by atoms with Crippen molar-refractivity contribution in [1.29, 1.82) is 0 Å². The summed E-state index contributed by atoms with van der Waals surface area (Å²) in [4.78, 5) is 17.5. The van der Waals surface area contributed by atoms with Crippen molar-refractivity contribution >= 4 is 38.1 Å². The first kappa shape index (κ1) is 16.9. The molecule has 0 atom stereocenters. The second-order valence-corrected chi connectivity index (χ2v) is 7.31. The minimum Gasteiger partial charge on any atom is -0.486 e. The van der Waals surface area contributed by atoms with Crippen LogP contribution in [0.25, 0.3) is 4.96 Å². The molecule has 0 bridgehead atoms. The highest BCUT2D eigenvalue weighted by atomic mass is 79.9. The molecule has 3 aromatic heterocycles. The zero-order valence-corrected chi connectivity index (χ0v) is 15.9. The predicted octanol–water partition coefficient (Wildman–Crippen LogP) is 4.26. The molecule has 3 heterocycles. The topological polar surface area (TPSA) is 68.8 Å². The van der Waals surface area contributed by atoms with E-state index in [1.54, 1.807) is 23.5 Å². The SMILES string of the molecule is O=C(NCc1cn2ccsc2n1)c1ccc(COc2ccc(Br)cc2)o1. The van der Waals surface area contributed by atoms with Gasteiger partial charge in [0.2, 0.25) is 0 Å². The van der Waals surface area contributed by atoms with E-state index in [-0.39, 0.29) is 18.3 Å². The van der Waals surface area contributed by atoms with E-state index in [0.29, 0.717) is 12.3 Å². The number of hydrogen-bond acceptors (Lipinski definition) is 5. The lowest BCUT2D eigenvalue weighted by Gasteiger charge is -2.04. The second kappa shape index (κ2) is 7.35. The van der Waals surface area contributed by atoms with E-state index < -0.39 is 0 Å². The second-order valence-electron chi connectivity index (χ2n) is 5.52. The monoisotopic (exact) mass is 431 g/mol. The van der Waals surface area contributed by atoms with Gasteiger partial charge in [-0.15, -0.1) is 11.3 Å². The highest BCUT2D eigenvalue weighted by molar-refractivity contribution is 9.10. The standard InChI is InChI=1S/C18H14BrN3O3S/c19-12-1-3-14(4-2-12)24-11-15-5-6-16(25-15)17(23)20-9-13-10-22-7-8-26-18(22)21-13/h1-8,10H,9,11H2,(H,20,23). The van der Waals surface area contributed by atoms with Gasteiger partial charge < -0.3 is 14.5 Å². The largest absolute Gasteiger partial charge is 0.486 e. The van der Waals surface area contributed by atoms with Crippen molar-refractivity contribution in [2.75, 3.05) is 0 Å². The molecule has 0 saturated carbocycles. The summed E-state index contributed by atoms with van der Waals surface area (Å²) in [5.41, 5.74) is 0.801. The molecule has 4 rings (SSSR count). The number of hydrogen-bond donors (Lipinski definition) is 1. The Morgan fingerprint density at radius 2 is 2.12 bits per heavy atom. The molecule has 4 aromatic rings. The molecule has 6 nitrogen and oxygen atoms in total. The van der Waals surface area contributed by atoms with Crippen molar-refractivity contribution in [1.82, 2.24) is 14.7 Å². The summed E-state index contributed by atoms with van der Waals surface area (Å²) in [7, 11) is 0. The third-order valence-corrected chi connectivity index (χ3v) is 4.95. The molecular formula is C18H14BrN3O3S. The van der Waals surface area contributed by atoms with Gasteiger partial charge in [0.05, 0.1) is 12.2 Å². The van der Waals surface area contributed by atoms with Crippen LogP contribution in [-0.2, 0) is 13.2 Å². The first-order chi connectivity index (χ1) is 12.7. The third-order valence-electron chi connectivity index (χ3n) is 3.65. The highest BCUT2D eigenvalue weighted by Crippen LogP contribution is 2.18. The lowest BCUT2D eigenvalue weighted by molar-refractivity contribution is 0.0918. The fraction of sp³-hybridized carbons (Fsp3) is 0.111. The van der Waals surface area contributed by atoms with Gasteiger partial charge in [0.1, 0.15) is 18.1 Å². The van der Waals surface area contributed by atoms with Crippen LogP contribution in [0, 0.1) is 0 Å². The minimum absolute atomic E-state index is 0.250. The highest BCUT2D eigenvalue weighted by Gasteiger charge is 2.12. The summed E-state index contributed by atoms with van der Waals surface area (Å²) in [5.74, 6) is 1.28. The van der Waals surface area contributed by atoms with E-state index in [0.717, 1.165) is 20.9 Å². The van der Waals surface area contributed by atoms with Crippen molar-refractivity contribution in [2.24, 2.45) is 0 Å². The Hall–Kier alpha value is -2.58. The van der Waals surface area contributed by atoms with Crippen LogP contribution in [0.3, 0.4) is 0 Å². The summed E-state index contributed by atoms with van der Waals surface area (Å²) in [6, 6.07) is 10.9. The number of halogens is 1. The van der Waals surface area contributed by atoms with E-state index >= 15 is 0 Å². The number of nitrogens with one attached hydrogen (secondary N) is 1. The molecule has 8 heteroatoms. The van der Waals surface area contributed by atoms with Gasteiger partial charge in [-0.3, -0.25) is 9.20 Å².